The molecular formula is C18H16Br4N2O6. The van der Waals surface area contributed by atoms with E-state index in [0.717, 1.165) is 0 Å². The zero-order chi connectivity index (χ0) is 21.2. The fourth-order valence-electron chi connectivity index (χ4n) is 6.09. The van der Waals surface area contributed by atoms with E-state index in [4.69, 9.17) is 9.47 Å². The molecule has 6 fully saturated rings. The van der Waals surface area contributed by atoms with Crippen LogP contribution in [0.1, 0.15) is 0 Å². The summed E-state index contributed by atoms with van der Waals surface area (Å²) in [4.78, 5) is 54.2. The molecule has 6 saturated heterocycles. The summed E-state index contributed by atoms with van der Waals surface area (Å²) in [6.07, 6.45) is -1.39. The second-order valence-electron chi connectivity index (χ2n) is 8.67. The lowest BCUT2D eigenvalue weighted by molar-refractivity contribution is -0.148. The van der Waals surface area contributed by atoms with Gasteiger partial charge in [-0.3, -0.25) is 29.0 Å². The zero-order valence-corrected chi connectivity index (χ0v) is 21.5. The number of hydrogen-bond donors (Lipinski definition) is 0. The van der Waals surface area contributed by atoms with Crippen molar-refractivity contribution >= 4 is 87.3 Å². The number of rotatable bonds is 3. The Balaban J connectivity index is 1.18. The summed E-state index contributed by atoms with van der Waals surface area (Å²) < 4.78 is 11.7. The molecule has 0 saturated carbocycles. The average molecular weight is 676 g/mol. The van der Waals surface area contributed by atoms with Gasteiger partial charge in [0.1, 0.15) is 0 Å². The molecule has 4 bridgehead atoms. The first-order chi connectivity index (χ1) is 14.2. The van der Waals surface area contributed by atoms with E-state index < -0.39 is 23.7 Å². The molecule has 6 heterocycles. The molecular weight excluding hydrogens is 660 g/mol. The number of hydrogen-bond acceptors (Lipinski definition) is 6. The minimum Gasteiger partial charge on any atom is -0.371 e. The molecule has 0 aliphatic carbocycles. The maximum absolute atomic E-state index is 13.0. The third-order valence-corrected chi connectivity index (χ3v) is 13.2. The Morgan fingerprint density at radius 1 is 0.533 bits per heavy atom. The molecule has 0 aromatic heterocycles. The fraction of sp³-hybridized carbons (Fsp3) is 0.778. The number of ether oxygens (including phenoxy) is 2. The molecule has 6 rings (SSSR count). The molecule has 4 amide bonds. The molecule has 0 radical (unpaired) electrons. The quantitative estimate of drug-likeness (QED) is 0.325. The first kappa shape index (κ1) is 20.7. The largest absolute Gasteiger partial charge is 0.371 e. The monoisotopic (exact) mass is 672 g/mol. The first-order valence-corrected chi connectivity index (χ1v) is 13.5. The van der Waals surface area contributed by atoms with Gasteiger partial charge in [-0.1, -0.05) is 63.7 Å². The van der Waals surface area contributed by atoms with Crippen molar-refractivity contribution in [2.24, 2.45) is 23.7 Å². The molecule has 30 heavy (non-hydrogen) atoms. The average Bonchev–Trinajstić information content (AvgIpc) is 3.50. The maximum Gasteiger partial charge on any atom is 0.235 e. The highest BCUT2D eigenvalue weighted by Gasteiger charge is 2.69. The van der Waals surface area contributed by atoms with Gasteiger partial charge >= 0.3 is 0 Å². The van der Waals surface area contributed by atoms with E-state index in [1.807, 2.05) is 0 Å². The molecule has 12 atom stereocenters. The van der Waals surface area contributed by atoms with Crippen LogP contribution in [0.4, 0.5) is 0 Å². The van der Waals surface area contributed by atoms with E-state index in [-0.39, 0.29) is 80.4 Å². The number of carbonyl (C=O) groups is 4. The second-order valence-corrected chi connectivity index (χ2v) is 12.9. The van der Waals surface area contributed by atoms with E-state index in [1.165, 1.54) is 9.80 Å². The van der Waals surface area contributed by atoms with Gasteiger partial charge in [-0.05, 0) is 0 Å². The van der Waals surface area contributed by atoms with Gasteiger partial charge in [0.2, 0.25) is 23.6 Å². The van der Waals surface area contributed by atoms with E-state index in [1.54, 1.807) is 0 Å². The Labute approximate surface area is 205 Å². The van der Waals surface area contributed by atoms with E-state index in [2.05, 4.69) is 63.7 Å². The van der Waals surface area contributed by atoms with Crippen LogP contribution in [0, 0.1) is 23.7 Å². The standard InChI is InChI=1S/C18H16Br4N2O6/c19-7-8(20)12-4-3(11(7)29-12)15(25)23(16(4)26)1-2-24-17(27)5-6(18(24)28)14-10(22)9(21)13(5)30-14/h3-14H,1-2H2. The predicted molar refractivity (Wildman–Crippen MR) is 116 cm³/mol. The van der Waals surface area contributed by atoms with Crippen molar-refractivity contribution in [3.8, 4) is 0 Å². The molecule has 6 aliphatic heterocycles. The van der Waals surface area contributed by atoms with Gasteiger partial charge in [-0.2, -0.15) is 0 Å². The van der Waals surface area contributed by atoms with Crippen molar-refractivity contribution in [2.75, 3.05) is 13.1 Å². The van der Waals surface area contributed by atoms with Gasteiger partial charge in [0.05, 0.1) is 67.4 Å². The van der Waals surface area contributed by atoms with Crippen molar-refractivity contribution in [3.05, 3.63) is 0 Å². The van der Waals surface area contributed by atoms with Crippen molar-refractivity contribution in [2.45, 2.75) is 43.7 Å². The van der Waals surface area contributed by atoms with Crippen LogP contribution in [-0.4, -0.2) is 90.2 Å². The third kappa shape index (κ3) is 2.39. The van der Waals surface area contributed by atoms with Gasteiger partial charge in [-0.25, -0.2) is 0 Å². The summed E-state index contributed by atoms with van der Waals surface area (Å²) in [5.41, 5.74) is 0. The number of nitrogens with zero attached hydrogens (tertiary/aromatic N) is 2. The van der Waals surface area contributed by atoms with Crippen LogP contribution < -0.4 is 0 Å². The Morgan fingerprint density at radius 2 is 0.767 bits per heavy atom. The first-order valence-electron chi connectivity index (χ1n) is 9.81. The Bertz CT molecular complexity index is 755. The molecule has 0 spiro atoms. The predicted octanol–water partition coefficient (Wildman–Crippen LogP) is 0.805. The molecule has 162 valence electrons. The Kier molecular flexibility index (Phi) is 4.71. The highest BCUT2D eigenvalue weighted by atomic mass is 79.9. The highest BCUT2D eigenvalue weighted by molar-refractivity contribution is 9.12. The summed E-state index contributed by atoms with van der Waals surface area (Å²) in [6, 6.07) is 0. The lowest BCUT2D eigenvalue weighted by Crippen LogP contribution is -2.43. The van der Waals surface area contributed by atoms with E-state index in [0.29, 0.717) is 0 Å². The van der Waals surface area contributed by atoms with Crippen molar-refractivity contribution in [3.63, 3.8) is 0 Å². The van der Waals surface area contributed by atoms with Crippen molar-refractivity contribution in [1.29, 1.82) is 0 Å². The van der Waals surface area contributed by atoms with Crippen molar-refractivity contribution in [1.82, 2.24) is 9.80 Å². The summed E-state index contributed by atoms with van der Waals surface area (Å²) in [6.45, 7) is 0.0409. The van der Waals surface area contributed by atoms with Crippen LogP contribution in [0.2, 0.25) is 0 Å². The van der Waals surface area contributed by atoms with Crippen LogP contribution in [0.25, 0.3) is 0 Å². The lowest BCUT2D eigenvalue weighted by atomic mass is 9.81. The molecule has 0 aromatic rings. The Morgan fingerprint density at radius 3 is 1.00 bits per heavy atom. The number of likely N-dealkylation sites (tertiary alicyclic amines) is 2. The molecule has 0 N–H and O–H groups in total. The number of fused-ring (bicyclic) bond motifs is 10. The smallest absolute Gasteiger partial charge is 0.235 e. The summed E-state index contributed by atoms with van der Waals surface area (Å²) in [7, 11) is 0. The third-order valence-electron chi connectivity index (χ3n) is 7.43. The van der Waals surface area contributed by atoms with Gasteiger partial charge in [0.15, 0.2) is 0 Å². The van der Waals surface area contributed by atoms with Gasteiger partial charge < -0.3 is 9.47 Å². The minimum atomic E-state index is -0.502. The number of carbonyl (C=O) groups excluding carboxylic acids is 4. The van der Waals surface area contributed by atoms with Crippen LogP contribution in [0.5, 0.6) is 0 Å². The number of imide groups is 2. The van der Waals surface area contributed by atoms with Gasteiger partial charge in [-0.15, -0.1) is 0 Å². The second kappa shape index (κ2) is 6.82. The van der Waals surface area contributed by atoms with Crippen LogP contribution in [0.15, 0.2) is 0 Å². The van der Waals surface area contributed by atoms with Gasteiger partial charge in [0, 0.05) is 13.1 Å². The normalized spacial score (nSPS) is 53.5. The number of halogens is 4. The number of alkyl halides is 4. The van der Waals surface area contributed by atoms with Crippen LogP contribution in [0.3, 0.4) is 0 Å². The summed E-state index contributed by atoms with van der Waals surface area (Å²) in [5, 5.41) is 0. The maximum atomic E-state index is 13.0. The molecule has 6 aliphatic rings. The minimum absolute atomic E-state index is 0.0204. The molecule has 12 heteroatoms. The lowest BCUT2D eigenvalue weighted by Gasteiger charge is -2.24. The van der Waals surface area contributed by atoms with E-state index >= 15 is 0 Å². The fourth-order valence-corrected chi connectivity index (χ4v) is 9.11. The van der Waals surface area contributed by atoms with Crippen LogP contribution >= 0.6 is 63.7 Å². The topological polar surface area (TPSA) is 93.2 Å². The highest BCUT2D eigenvalue weighted by Crippen LogP contribution is 2.54. The molecule has 8 nitrogen and oxygen atoms in total. The number of amides is 4. The summed E-state index contributed by atoms with van der Waals surface area (Å²) in [5.74, 6) is -3.10. The Hall–Kier alpha value is 0.120. The van der Waals surface area contributed by atoms with Crippen molar-refractivity contribution < 1.29 is 28.7 Å². The zero-order valence-electron chi connectivity index (χ0n) is 15.2. The molecule has 12 unspecified atom stereocenters. The summed E-state index contributed by atoms with van der Waals surface area (Å²) >= 11 is 14.2. The SMILES string of the molecule is O=C1C2C3OC(C(Br)C3Br)C2C(=O)N1CCN1C(=O)C2C3OC(C(Br)C3Br)C2C1=O. The molecule has 0 aromatic carbocycles. The van der Waals surface area contributed by atoms with E-state index in [9.17, 15) is 19.2 Å². The van der Waals surface area contributed by atoms with Gasteiger partial charge in [0.25, 0.3) is 0 Å². The van der Waals surface area contributed by atoms with Crippen LogP contribution in [-0.2, 0) is 28.7 Å².